The number of aromatic nitrogens is 3. The number of carboxylic acids is 1. The lowest BCUT2D eigenvalue weighted by Gasteiger charge is -2.05. The maximum atomic E-state index is 11.4. The van der Waals surface area contributed by atoms with Crippen LogP contribution in [-0.2, 0) is 6.42 Å². The van der Waals surface area contributed by atoms with Crippen LogP contribution < -0.4 is 5.56 Å². The number of aromatic carboxylic acids is 1. The second-order valence-electron chi connectivity index (χ2n) is 4.14. The first-order chi connectivity index (χ1) is 9.47. The Labute approximate surface area is 119 Å². The molecule has 0 aromatic carbocycles. The molecule has 6 nitrogen and oxygen atoms in total. The topological polar surface area (TPSA) is 95.9 Å². The highest BCUT2D eigenvalue weighted by atomic mass is 32.2. The van der Waals surface area contributed by atoms with Gasteiger partial charge in [0.05, 0.1) is 5.56 Å². The van der Waals surface area contributed by atoms with Gasteiger partial charge in [-0.3, -0.25) is 4.79 Å². The van der Waals surface area contributed by atoms with E-state index >= 15 is 0 Å². The molecule has 0 radical (unpaired) electrons. The molecule has 7 heteroatoms. The van der Waals surface area contributed by atoms with Crippen molar-refractivity contribution in [2.75, 3.05) is 0 Å². The molecule has 2 N–H and O–H groups in total. The zero-order valence-electron chi connectivity index (χ0n) is 11.0. The van der Waals surface area contributed by atoms with Crippen LogP contribution in [0.4, 0.5) is 0 Å². The van der Waals surface area contributed by atoms with Crippen LogP contribution in [0, 0.1) is 6.92 Å². The van der Waals surface area contributed by atoms with E-state index in [1.165, 1.54) is 12.1 Å². The molecule has 2 aromatic heterocycles. The number of hydrogen-bond donors (Lipinski definition) is 2. The minimum atomic E-state index is -1.00. The number of nitrogens with one attached hydrogen (secondary N) is 1. The predicted molar refractivity (Wildman–Crippen MR) is 74.3 cm³/mol. The Morgan fingerprint density at radius 2 is 2.10 bits per heavy atom. The van der Waals surface area contributed by atoms with Crippen molar-refractivity contribution in [2.45, 2.75) is 30.5 Å². The van der Waals surface area contributed by atoms with Crippen molar-refractivity contribution in [3.8, 4) is 0 Å². The molecule has 2 heterocycles. The van der Waals surface area contributed by atoms with Gasteiger partial charge in [0, 0.05) is 17.5 Å². The smallest absolute Gasteiger partial charge is 0.335 e. The van der Waals surface area contributed by atoms with E-state index in [1.807, 2.05) is 6.92 Å². The summed E-state index contributed by atoms with van der Waals surface area (Å²) in [6.07, 6.45) is 0.631. The summed E-state index contributed by atoms with van der Waals surface area (Å²) in [6, 6.07) is 4.40. The van der Waals surface area contributed by atoms with Crippen LogP contribution in [0.3, 0.4) is 0 Å². The minimum Gasteiger partial charge on any atom is -0.478 e. The highest BCUT2D eigenvalue weighted by Gasteiger charge is 2.10. The molecule has 0 aliphatic carbocycles. The molecule has 0 fully saturated rings. The number of H-pyrrole nitrogens is 1. The Balaban J connectivity index is 2.39. The van der Waals surface area contributed by atoms with Crippen molar-refractivity contribution in [3.63, 3.8) is 0 Å². The molecule has 0 atom stereocenters. The molecule has 2 aromatic rings. The lowest BCUT2D eigenvalue weighted by atomic mass is 10.2. The number of pyridine rings is 1. The zero-order valence-corrected chi connectivity index (χ0v) is 11.8. The highest BCUT2D eigenvalue weighted by Crippen LogP contribution is 2.23. The van der Waals surface area contributed by atoms with E-state index in [9.17, 15) is 9.59 Å². The van der Waals surface area contributed by atoms with Gasteiger partial charge in [0.2, 0.25) is 0 Å². The fourth-order valence-electron chi connectivity index (χ4n) is 1.62. The Hall–Kier alpha value is -2.15. The Bertz CT molecular complexity index is 712. The quantitative estimate of drug-likeness (QED) is 0.835. The minimum absolute atomic E-state index is 0.175. The van der Waals surface area contributed by atoms with Gasteiger partial charge in [0.1, 0.15) is 5.03 Å². The summed E-state index contributed by atoms with van der Waals surface area (Å²) in [6.45, 7) is 3.62. The van der Waals surface area contributed by atoms with Crippen LogP contribution in [-0.4, -0.2) is 26.0 Å². The first-order valence-corrected chi connectivity index (χ1v) is 6.79. The maximum Gasteiger partial charge on any atom is 0.335 e. The van der Waals surface area contributed by atoms with E-state index in [4.69, 9.17) is 5.11 Å². The Kier molecular flexibility index (Phi) is 4.19. The third-order valence-corrected chi connectivity index (χ3v) is 3.32. The molecule has 20 heavy (non-hydrogen) atoms. The fraction of sp³-hybridized carbons (Fsp3) is 0.231. The van der Waals surface area contributed by atoms with Crippen LogP contribution in [0.2, 0.25) is 0 Å². The van der Waals surface area contributed by atoms with Crippen molar-refractivity contribution in [1.29, 1.82) is 0 Å². The van der Waals surface area contributed by atoms with Gasteiger partial charge in [-0.2, -0.15) is 0 Å². The molecule has 0 aliphatic rings. The van der Waals surface area contributed by atoms with Crippen LogP contribution >= 0.6 is 11.8 Å². The van der Waals surface area contributed by atoms with Crippen LogP contribution in [0.25, 0.3) is 0 Å². The normalized spacial score (nSPS) is 10.5. The van der Waals surface area contributed by atoms with Crippen LogP contribution in [0.15, 0.2) is 33.2 Å². The van der Waals surface area contributed by atoms with Gasteiger partial charge in [-0.1, -0.05) is 6.92 Å². The zero-order chi connectivity index (χ0) is 14.7. The number of aryl methyl sites for hydroxylation is 2. The van der Waals surface area contributed by atoms with Crippen molar-refractivity contribution < 1.29 is 9.90 Å². The van der Waals surface area contributed by atoms with Gasteiger partial charge in [-0.15, -0.1) is 0 Å². The van der Waals surface area contributed by atoms with Gasteiger partial charge in [0.25, 0.3) is 5.56 Å². The number of hydrogen-bond acceptors (Lipinski definition) is 5. The van der Waals surface area contributed by atoms with Gasteiger partial charge >= 0.3 is 5.97 Å². The first kappa shape index (κ1) is 14.3. The van der Waals surface area contributed by atoms with Gasteiger partial charge in [0.15, 0.2) is 5.16 Å². The summed E-state index contributed by atoms with van der Waals surface area (Å²) >= 11 is 1.14. The van der Waals surface area contributed by atoms with E-state index in [2.05, 4.69) is 15.0 Å². The van der Waals surface area contributed by atoms with E-state index in [0.29, 0.717) is 28.0 Å². The second kappa shape index (κ2) is 5.87. The van der Waals surface area contributed by atoms with Crippen molar-refractivity contribution in [1.82, 2.24) is 15.0 Å². The Morgan fingerprint density at radius 1 is 1.35 bits per heavy atom. The average molecular weight is 291 g/mol. The largest absolute Gasteiger partial charge is 0.478 e. The lowest BCUT2D eigenvalue weighted by molar-refractivity contribution is 0.0696. The van der Waals surface area contributed by atoms with Gasteiger partial charge in [-0.25, -0.2) is 14.8 Å². The Morgan fingerprint density at radius 3 is 2.70 bits per heavy atom. The molecular formula is C13H13N3O3S. The summed E-state index contributed by atoms with van der Waals surface area (Å²) in [5, 5.41) is 9.96. The monoisotopic (exact) mass is 291 g/mol. The average Bonchev–Trinajstić information content (AvgIpc) is 2.36. The molecule has 0 saturated heterocycles. The number of rotatable bonds is 4. The number of carbonyl (C=O) groups is 1. The number of carboxylic acid groups (broad SMARTS) is 1. The summed E-state index contributed by atoms with van der Waals surface area (Å²) in [4.78, 5) is 33.5. The number of aromatic amines is 1. The SMILES string of the molecule is CCc1cc(C(=O)O)cc(Sc2nc(C)cc(=O)[nH]2)n1. The summed E-state index contributed by atoms with van der Waals surface area (Å²) in [5.74, 6) is -1.00. The third-order valence-electron chi connectivity index (χ3n) is 2.51. The van der Waals surface area contributed by atoms with Gasteiger partial charge in [-0.05, 0) is 37.2 Å². The van der Waals surface area contributed by atoms with E-state index < -0.39 is 5.97 Å². The molecule has 0 amide bonds. The second-order valence-corrected chi connectivity index (χ2v) is 5.15. The molecular weight excluding hydrogens is 278 g/mol. The van der Waals surface area contributed by atoms with Crippen LogP contribution in [0.1, 0.15) is 28.7 Å². The first-order valence-electron chi connectivity index (χ1n) is 5.98. The molecule has 104 valence electrons. The van der Waals surface area contributed by atoms with Crippen molar-refractivity contribution in [3.05, 3.63) is 45.5 Å². The van der Waals surface area contributed by atoms with E-state index in [1.54, 1.807) is 13.0 Å². The maximum absolute atomic E-state index is 11.4. The van der Waals surface area contributed by atoms with Crippen LogP contribution in [0.5, 0.6) is 0 Å². The molecule has 0 bridgehead atoms. The predicted octanol–water partition coefficient (Wildman–Crippen LogP) is 1.89. The highest BCUT2D eigenvalue weighted by molar-refractivity contribution is 7.99. The van der Waals surface area contributed by atoms with Gasteiger partial charge < -0.3 is 10.1 Å². The standard InChI is InChI=1S/C13H13N3O3S/c1-3-9-5-8(12(18)19)6-11(15-9)20-13-14-7(2)4-10(17)16-13/h4-6H,3H2,1-2H3,(H,18,19)(H,14,16,17). The van der Waals surface area contributed by atoms with Crippen molar-refractivity contribution >= 4 is 17.7 Å². The lowest BCUT2D eigenvalue weighted by Crippen LogP contribution is -2.08. The third kappa shape index (κ3) is 3.45. The molecule has 0 spiro atoms. The molecule has 0 unspecified atom stereocenters. The van der Waals surface area contributed by atoms with E-state index in [-0.39, 0.29) is 11.1 Å². The van der Waals surface area contributed by atoms with E-state index in [0.717, 1.165) is 11.8 Å². The van der Waals surface area contributed by atoms with Crippen molar-refractivity contribution in [2.24, 2.45) is 0 Å². The number of nitrogens with zero attached hydrogens (tertiary/aromatic N) is 2. The molecule has 2 rings (SSSR count). The summed E-state index contributed by atoms with van der Waals surface area (Å²) in [5.41, 5.74) is 1.21. The molecule has 0 saturated carbocycles. The fourth-order valence-corrected chi connectivity index (χ4v) is 2.50. The summed E-state index contributed by atoms with van der Waals surface area (Å²) in [7, 11) is 0. The molecule has 0 aliphatic heterocycles. The summed E-state index contributed by atoms with van der Waals surface area (Å²) < 4.78 is 0.